The van der Waals surface area contributed by atoms with Crippen LogP contribution in [0.25, 0.3) is 0 Å². The van der Waals surface area contributed by atoms with Crippen molar-refractivity contribution in [3.05, 3.63) is 20.7 Å². The number of aliphatic hydroxyl groups is 1. The highest BCUT2D eigenvalue weighted by molar-refractivity contribution is 7.07. The first-order chi connectivity index (χ1) is 8.98. The molecule has 0 amide bonds. The molecule has 7 heteroatoms. The van der Waals surface area contributed by atoms with Crippen LogP contribution in [0.1, 0.15) is 31.4 Å². The van der Waals surface area contributed by atoms with Gasteiger partial charge in [-0.1, -0.05) is 11.3 Å². The van der Waals surface area contributed by atoms with E-state index in [1.807, 2.05) is 0 Å². The molecule has 19 heavy (non-hydrogen) atoms. The predicted octanol–water partition coefficient (Wildman–Crippen LogP) is 0.532. The molecule has 1 aliphatic rings. The molecule has 0 atom stereocenters. The van der Waals surface area contributed by atoms with Crippen LogP contribution in [0, 0.1) is 5.92 Å². The molecule has 0 bridgehead atoms. The minimum atomic E-state index is -0.831. The van der Waals surface area contributed by atoms with E-state index in [9.17, 15) is 14.7 Å². The summed E-state index contributed by atoms with van der Waals surface area (Å²) in [5.41, 5.74) is -0.0275. The zero-order valence-corrected chi connectivity index (χ0v) is 11.3. The number of carbonyl (C=O) groups is 1. The van der Waals surface area contributed by atoms with Gasteiger partial charge in [0, 0.05) is 24.2 Å². The summed E-state index contributed by atoms with van der Waals surface area (Å²) >= 11 is 1.11. The molecule has 1 aliphatic carbocycles. The molecular formula is C12H18N2O4S. The van der Waals surface area contributed by atoms with Crippen LogP contribution >= 0.6 is 11.3 Å². The highest BCUT2D eigenvalue weighted by Crippen LogP contribution is 2.31. The molecule has 2 rings (SSSR count). The number of aromatic nitrogens is 1. The summed E-state index contributed by atoms with van der Waals surface area (Å²) in [7, 11) is 0. The summed E-state index contributed by atoms with van der Waals surface area (Å²) in [5, 5.41) is 24.1. The zero-order chi connectivity index (χ0) is 13.9. The zero-order valence-electron chi connectivity index (χ0n) is 10.5. The number of carboxylic acid groups (broad SMARTS) is 1. The third-order valence-corrected chi connectivity index (χ3v) is 4.32. The SMILES string of the molecule is O=C(O)C1CCC(O)(CNCc2csc(=O)[nH]2)CC1. The number of rotatable bonds is 5. The molecular weight excluding hydrogens is 268 g/mol. The van der Waals surface area contributed by atoms with Crippen LogP contribution in [0.3, 0.4) is 0 Å². The Morgan fingerprint density at radius 1 is 1.53 bits per heavy atom. The Balaban J connectivity index is 1.76. The van der Waals surface area contributed by atoms with Gasteiger partial charge in [0.05, 0.1) is 11.5 Å². The van der Waals surface area contributed by atoms with Crippen molar-refractivity contribution in [3.8, 4) is 0 Å². The molecule has 6 nitrogen and oxygen atoms in total. The number of hydrogen-bond acceptors (Lipinski definition) is 5. The fourth-order valence-corrected chi connectivity index (χ4v) is 2.99. The second-order valence-corrected chi connectivity index (χ2v) is 5.96. The number of H-pyrrole nitrogens is 1. The van der Waals surface area contributed by atoms with Crippen molar-refractivity contribution >= 4 is 17.3 Å². The van der Waals surface area contributed by atoms with Crippen molar-refractivity contribution in [2.75, 3.05) is 6.54 Å². The van der Waals surface area contributed by atoms with E-state index < -0.39 is 11.6 Å². The van der Waals surface area contributed by atoms with Gasteiger partial charge < -0.3 is 20.5 Å². The maximum Gasteiger partial charge on any atom is 0.306 e. The van der Waals surface area contributed by atoms with Crippen LogP contribution in [-0.4, -0.2) is 33.3 Å². The number of thiazole rings is 1. The second-order valence-electron chi connectivity index (χ2n) is 5.11. The maximum absolute atomic E-state index is 10.9. The number of aliphatic carboxylic acids is 1. The number of carboxylic acids is 1. The first-order valence-electron chi connectivity index (χ1n) is 6.31. The van der Waals surface area contributed by atoms with Gasteiger partial charge in [-0.15, -0.1) is 0 Å². The number of aromatic amines is 1. The Hall–Kier alpha value is -1.18. The van der Waals surface area contributed by atoms with E-state index in [4.69, 9.17) is 5.11 Å². The molecule has 1 aromatic rings. The lowest BCUT2D eigenvalue weighted by Crippen LogP contribution is -2.44. The van der Waals surface area contributed by atoms with E-state index in [1.165, 1.54) is 0 Å². The monoisotopic (exact) mass is 286 g/mol. The van der Waals surface area contributed by atoms with Gasteiger partial charge in [0.2, 0.25) is 0 Å². The summed E-state index contributed by atoms with van der Waals surface area (Å²) in [6.45, 7) is 0.917. The Morgan fingerprint density at radius 2 is 2.21 bits per heavy atom. The van der Waals surface area contributed by atoms with E-state index in [0.717, 1.165) is 17.0 Å². The minimum Gasteiger partial charge on any atom is -0.481 e. The highest BCUT2D eigenvalue weighted by atomic mass is 32.1. The van der Waals surface area contributed by atoms with E-state index >= 15 is 0 Å². The number of hydrogen-bond donors (Lipinski definition) is 4. The highest BCUT2D eigenvalue weighted by Gasteiger charge is 2.35. The topological polar surface area (TPSA) is 102 Å². The van der Waals surface area contributed by atoms with Crippen LogP contribution in [-0.2, 0) is 11.3 Å². The first kappa shape index (κ1) is 14.2. The lowest BCUT2D eigenvalue weighted by Gasteiger charge is -2.34. The van der Waals surface area contributed by atoms with E-state index in [2.05, 4.69) is 10.3 Å². The maximum atomic E-state index is 10.9. The standard InChI is InChI=1S/C12H18N2O4S/c15-10(16)8-1-3-12(18,4-2-8)7-13-5-9-6-19-11(17)14-9/h6,8,13,18H,1-5,7H2,(H,14,17)(H,15,16). The van der Waals surface area contributed by atoms with Gasteiger partial charge in [0.15, 0.2) is 0 Å². The van der Waals surface area contributed by atoms with E-state index in [1.54, 1.807) is 5.38 Å². The average molecular weight is 286 g/mol. The Morgan fingerprint density at radius 3 is 2.74 bits per heavy atom. The normalized spacial score (nSPS) is 27.3. The molecule has 1 heterocycles. The average Bonchev–Trinajstić information content (AvgIpc) is 2.75. The third kappa shape index (κ3) is 3.89. The molecule has 4 N–H and O–H groups in total. The molecule has 0 radical (unpaired) electrons. The Bertz CT molecular complexity index is 488. The van der Waals surface area contributed by atoms with Crippen molar-refractivity contribution in [1.29, 1.82) is 0 Å². The van der Waals surface area contributed by atoms with Gasteiger partial charge in [-0.2, -0.15) is 0 Å². The molecule has 0 saturated heterocycles. The molecule has 1 aromatic heterocycles. The van der Waals surface area contributed by atoms with Gasteiger partial charge in [-0.3, -0.25) is 9.59 Å². The predicted molar refractivity (Wildman–Crippen MR) is 71.2 cm³/mol. The third-order valence-electron chi connectivity index (χ3n) is 3.61. The fourth-order valence-electron chi connectivity index (χ4n) is 2.41. The molecule has 0 spiro atoms. The van der Waals surface area contributed by atoms with Crippen molar-refractivity contribution in [1.82, 2.24) is 10.3 Å². The Labute approximate surface area is 114 Å². The minimum absolute atomic E-state index is 0.0857. The molecule has 1 saturated carbocycles. The molecule has 0 aromatic carbocycles. The van der Waals surface area contributed by atoms with E-state index in [0.29, 0.717) is 38.8 Å². The van der Waals surface area contributed by atoms with Crippen molar-refractivity contribution in [3.63, 3.8) is 0 Å². The van der Waals surface area contributed by atoms with Gasteiger partial charge in [-0.05, 0) is 25.7 Å². The summed E-state index contributed by atoms with van der Waals surface area (Å²) in [4.78, 5) is 24.4. The molecule has 0 aliphatic heterocycles. The lowest BCUT2D eigenvalue weighted by molar-refractivity contribution is -0.144. The van der Waals surface area contributed by atoms with Crippen LogP contribution < -0.4 is 10.2 Å². The van der Waals surface area contributed by atoms with Crippen molar-refractivity contribution < 1.29 is 15.0 Å². The molecule has 106 valence electrons. The summed E-state index contributed by atoms with van der Waals surface area (Å²) in [6.07, 6.45) is 2.03. The van der Waals surface area contributed by atoms with Gasteiger partial charge in [0.1, 0.15) is 0 Å². The van der Waals surface area contributed by atoms with Crippen LogP contribution in [0.15, 0.2) is 10.2 Å². The smallest absolute Gasteiger partial charge is 0.306 e. The van der Waals surface area contributed by atoms with Crippen LogP contribution in [0.2, 0.25) is 0 Å². The first-order valence-corrected chi connectivity index (χ1v) is 7.19. The lowest BCUT2D eigenvalue weighted by atomic mass is 9.79. The van der Waals surface area contributed by atoms with Gasteiger partial charge in [-0.25, -0.2) is 0 Å². The second kappa shape index (κ2) is 5.85. The fraction of sp³-hybridized carbons (Fsp3) is 0.667. The summed E-state index contributed by atoms with van der Waals surface area (Å²) in [5.74, 6) is -1.10. The molecule has 1 fully saturated rings. The summed E-state index contributed by atoms with van der Waals surface area (Å²) < 4.78 is 0. The summed E-state index contributed by atoms with van der Waals surface area (Å²) in [6, 6.07) is 0. The number of nitrogens with one attached hydrogen (secondary N) is 2. The quantitative estimate of drug-likeness (QED) is 0.632. The van der Waals surface area contributed by atoms with Crippen LogP contribution in [0.4, 0.5) is 0 Å². The van der Waals surface area contributed by atoms with E-state index in [-0.39, 0.29) is 10.8 Å². The van der Waals surface area contributed by atoms with Crippen molar-refractivity contribution in [2.24, 2.45) is 5.92 Å². The van der Waals surface area contributed by atoms with Crippen LogP contribution in [0.5, 0.6) is 0 Å². The van der Waals surface area contributed by atoms with Gasteiger partial charge >= 0.3 is 10.8 Å². The molecule has 0 unspecified atom stereocenters. The largest absolute Gasteiger partial charge is 0.481 e. The Kier molecular flexibility index (Phi) is 4.38. The van der Waals surface area contributed by atoms with Gasteiger partial charge in [0.25, 0.3) is 0 Å². The van der Waals surface area contributed by atoms with Crippen molar-refractivity contribution in [2.45, 2.75) is 37.8 Å².